The topological polar surface area (TPSA) is 204 Å². The number of carboxylic acids is 1. The Balaban J connectivity index is 1.50. The molecule has 0 spiro atoms. The molecule has 1 aromatic heterocycles. The highest BCUT2D eigenvalue weighted by Crippen LogP contribution is 2.20. The second kappa shape index (κ2) is 13.5. The Labute approximate surface area is 239 Å². The third-order valence-electron chi connectivity index (χ3n) is 6.76. The number of hydrogen-bond acceptors (Lipinski definition) is 8. The highest BCUT2D eigenvalue weighted by Gasteiger charge is 2.31. The van der Waals surface area contributed by atoms with Crippen LogP contribution in [0.5, 0.6) is 5.88 Å². The molecule has 16 heteroatoms. The molecule has 0 saturated carbocycles. The van der Waals surface area contributed by atoms with Crippen molar-refractivity contribution in [3.63, 3.8) is 0 Å². The number of amides is 5. The second-order valence-electron chi connectivity index (χ2n) is 9.62. The minimum absolute atomic E-state index is 0.0550. The van der Waals surface area contributed by atoms with Crippen LogP contribution in [0, 0.1) is 0 Å². The van der Waals surface area contributed by atoms with Gasteiger partial charge in [-0.05, 0) is 18.6 Å². The predicted molar refractivity (Wildman–Crippen MR) is 143 cm³/mol. The van der Waals surface area contributed by atoms with E-state index in [4.69, 9.17) is 9.84 Å². The number of piperazine rings is 2. The van der Waals surface area contributed by atoms with Crippen molar-refractivity contribution >= 4 is 35.7 Å². The van der Waals surface area contributed by atoms with E-state index < -0.39 is 48.9 Å². The maximum Gasteiger partial charge on any atom is 0.407 e. The number of carbonyl (C=O) groups excluding carboxylic acids is 4. The molecule has 2 fully saturated rings. The van der Waals surface area contributed by atoms with Gasteiger partial charge in [0, 0.05) is 51.8 Å². The fraction of sp³-hybridized carbons (Fsp3) is 0.423. The smallest absolute Gasteiger partial charge is 0.407 e. The summed E-state index contributed by atoms with van der Waals surface area (Å²) in [5, 5.41) is 27.8. The van der Waals surface area contributed by atoms with Crippen molar-refractivity contribution in [3.8, 4) is 11.6 Å². The number of rotatable bonds is 10. The molecular formula is C26H31N7O9. The molecule has 2 aliphatic heterocycles. The Kier molecular flexibility index (Phi) is 9.57. The highest BCUT2D eigenvalue weighted by molar-refractivity contribution is 5.96. The average Bonchev–Trinajstić information content (AvgIpc) is 3.42. The van der Waals surface area contributed by atoms with Crippen LogP contribution in [0.1, 0.15) is 23.3 Å². The van der Waals surface area contributed by atoms with Gasteiger partial charge in [0.25, 0.3) is 11.8 Å². The maximum atomic E-state index is 13.3. The van der Waals surface area contributed by atoms with Crippen LogP contribution in [0.3, 0.4) is 0 Å². The van der Waals surface area contributed by atoms with E-state index in [9.17, 15) is 33.9 Å². The Morgan fingerprint density at radius 3 is 2.31 bits per heavy atom. The summed E-state index contributed by atoms with van der Waals surface area (Å²) < 4.78 is 7.03. The van der Waals surface area contributed by atoms with Crippen LogP contribution in [0.4, 0.5) is 4.79 Å². The van der Waals surface area contributed by atoms with Gasteiger partial charge < -0.3 is 40.3 Å². The number of nitrogens with zero attached hydrogens (tertiary/aromatic N) is 5. The van der Waals surface area contributed by atoms with Crippen LogP contribution in [0.2, 0.25) is 0 Å². The number of aliphatic carboxylic acids is 1. The number of carboxylic acid groups (broad SMARTS) is 2. The number of ether oxygens (including phenoxy) is 1. The van der Waals surface area contributed by atoms with Gasteiger partial charge in [-0.1, -0.05) is 18.2 Å². The van der Waals surface area contributed by atoms with Gasteiger partial charge in [-0.15, -0.1) is 0 Å². The van der Waals surface area contributed by atoms with Crippen LogP contribution in [-0.2, 0) is 19.2 Å². The average molecular weight is 586 g/mol. The number of nitrogens with one attached hydrogen (secondary N) is 2. The van der Waals surface area contributed by atoms with Crippen LogP contribution in [-0.4, -0.2) is 129 Å². The fourth-order valence-corrected chi connectivity index (χ4v) is 4.51. The van der Waals surface area contributed by atoms with E-state index >= 15 is 0 Å². The lowest BCUT2D eigenvalue weighted by Crippen LogP contribution is -2.55. The molecule has 2 aromatic rings. The molecule has 0 unspecified atom stereocenters. The largest absolute Gasteiger partial charge is 0.481 e. The van der Waals surface area contributed by atoms with E-state index in [0.29, 0.717) is 18.8 Å². The van der Waals surface area contributed by atoms with Gasteiger partial charge in [0.15, 0.2) is 12.3 Å². The summed E-state index contributed by atoms with van der Waals surface area (Å²) in [6, 6.07) is 8.75. The fourth-order valence-electron chi connectivity index (χ4n) is 4.51. The summed E-state index contributed by atoms with van der Waals surface area (Å²) >= 11 is 0. The number of hydrogen-bond donors (Lipinski definition) is 4. The molecule has 0 aliphatic carbocycles. The van der Waals surface area contributed by atoms with Crippen LogP contribution in [0.15, 0.2) is 36.4 Å². The van der Waals surface area contributed by atoms with Crippen molar-refractivity contribution in [1.29, 1.82) is 0 Å². The van der Waals surface area contributed by atoms with Crippen molar-refractivity contribution in [3.05, 3.63) is 42.1 Å². The molecule has 4 rings (SSSR count). The van der Waals surface area contributed by atoms with E-state index in [1.54, 1.807) is 30.3 Å². The summed E-state index contributed by atoms with van der Waals surface area (Å²) in [6.45, 7) is 0.507. The van der Waals surface area contributed by atoms with E-state index in [1.807, 2.05) is 0 Å². The molecule has 4 N–H and O–H groups in total. The molecule has 3 heterocycles. The molecule has 2 saturated heterocycles. The number of aromatic nitrogens is 2. The first kappa shape index (κ1) is 29.8. The lowest BCUT2D eigenvalue weighted by molar-refractivity contribution is -0.139. The van der Waals surface area contributed by atoms with E-state index in [1.165, 1.54) is 20.5 Å². The van der Waals surface area contributed by atoms with E-state index in [0.717, 1.165) is 4.90 Å². The van der Waals surface area contributed by atoms with Crippen molar-refractivity contribution in [2.75, 3.05) is 52.4 Å². The van der Waals surface area contributed by atoms with Gasteiger partial charge in [0.1, 0.15) is 6.04 Å². The summed E-state index contributed by atoms with van der Waals surface area (Å²) in [5.74, 6) is -3.12. The minimum atomic E-state index is -1.21. The Morgan fingerprint density at radius 2 is 1.67 bits per heavy atom. The van der Waals surface area contributed by atoms with E-state index in [-0.39, 0.29) is 56.6 Å². The van der Waals surface area contributed by atoms with Gasteiger partial charge in [-0.25, -0.2) is 9.48 Å². The molecule has 1 aromatic carbocycles. The summed E-state index contributed by atoms with van der Waals surface area (Å²) in [7, 11) is 0. The molecule has 2 aliphatic rings. The first-order valence-electron chi connectivity index (χ1n) is 13.2. The van der Waals surface area contributed by atoms with Crippen molar-refractivity contribution in [1.82, 2.24) is 35.1 Å². The zero-order valence-electron chi connectivity index (χ0n) is 22.6. The molecule has 0 bridgehead atoms. The quantitative estimate of drug-likeness (QED) is 0.268. The zero-order chi connectivity index (χ0) is 30.2. The standard InChI is InChI=1S/C26H31N7O9/c34-20-15-32(9-8-27-20)21(35)16-42-22-14-19(29-33(22)17-4-2-1-3-5-17)24(38)28-18(6-7-23(36)37)25(39)30-10-12-31(13-11-30)26(40)41/h1-5,14,18H,6-13,15-16H2,(H,27,34)(H,28,38)(H,36,37)(H,40,41)/t18-/m0/s1. The highest BCUT2D eigenvalue weighted by atomic mass is 16.5. The summed E-state index contributed by atoms with van der Waals surface area (Å²) in [5.41, 5.74) is 0.369. The first-order chi connectivity index (χ1) is 20.1. The molecule has 1 atom stereocenters. The van der Waals surface area contributed by atoms with Gasteiger partial charge >= 0.3 is 12.1 Å². The number of benzene rings is 1. The predicted octanol–water partition coefficient (Wildman–Crippen LogP) is -1.01. The second-order valence-corrected chi connectivity index (χ2v) is 9.62. The monoisotopic (exact) mass is 585 g/mol. The normalized spacial score (nSPS) is 15.9. The number of carbonyl (C=O) groups is 6. The Morgan fingerprint density at radius 1 is 0.976 bits per heavy atom. The van der Waals surface area contributed by atoms with Gasteiger partial charge in [0.2, 0.25) is 17.7 Å². The first-order valence-corrected chi connectivity index (χ1v) is 13.2. The van der Waals surface area contributed by atoms with Gasteiger partial charge in [-0.3, -0.25) is 24.0 Å². The van der Waals surface area contributed by atoms with Crippen molar-refractivity contribution in [2.45, 2.75) is 18.9 Å². The summed E-state index contributed by atoms with van der Waals surface area (Å²) in [4.78, 5) is 77.1. The molecule has 5 amide bonds. The maximum absolute atomic E-state index is 13.3. The SMILES string of the molecule is O=C(O)CC[C@H](NC(=O)c1cc(OCC(=O)N2CCNC(=O)C2)n(-c2ccccc2)n1)C(=O)N1CCN(C(=O)O)CC1. The molecule has 0 radical (unpaired) electrons. The zero-order valence-corrected chi connectivity index (χ0v) is 22.6. The Bertz CT molecular complexity index is 1340. The van der Waals surface area contributed by atoms with Crippen LogP contribution in [0.25, 0.3) is 5.69 Å². The lowest BCUT2D eigenvalue weighted by Gasteiger charge is -2.35. The molecule has 16 nitrogen and oxygen atoms in total. The molecule has 224 valence electrons. The third-order valence-corrected chi connectivity index (χ3v) is 6.76. The molecular weight excluding hydrogens is 554 g/mol. The van der Waals surface area contributed by atoms with Crippen LogP contribution >= 0.6 is 0 Å². The van der Waals surface area contributed by atoms with Gasteiger partial charge in [0.05, 0.1) is 12.2 Å². The molecule has 42 heavy (non-hydrogen) atoms. The van der Waals surface area contributed by atoms with Gasteiger partial charge in [-0.2, -0.15) is 5.10 Å². The van der Waals surface area contributed by atoms with Crippen molar-refractivity contribution < 1.29 is 43.7 Å². The van der Waals surface area contributed by atoms with E-state index in [2.05, 4.69) is 15.7 Å². The third kappa shape index (κ3) is 7.52. The lowest BCUT2D eigenvalue weighted by atomic mass is 10.1. The van der Waals surface area contributed by atoms with Crippen LogP contribution < -0.4 is 15.4 Å². The minimum Gasteiger partial charge on any atom is -0.481 e. The Hall–Kier alpha value is -5.15. The van der Waals surface area contributed by atoms with Crippen molar-refractivity contribution in [2.24, 2.45) is 0 Å². The summed E-state index contributed by atoms with van der Waals surface area (Å²) in [6.07, 6.45) is -1.69. The number of para-hydroxylation sites is 1.